The summed E-state index contributed by atoms with van der Waals surface area (Å²) in [6.07, 6.45) is 75.8. The van der Waals surface area contributed by atoms with Crippen molar-refractivity contribution in [1.82, 2.24) is 5.32 Å². The van der Waals surface area contributed by atoms with Crippen molar-refractivity contribution in [3.05, 3.63) is 48.6 Å². The van der Waals surface area contributed by atoms with Crippen LogP contribution in [0, 0.1) is 0 Å². The molecule has 0 saturated carbocycles. The molecular formula is C62H117NO4. The van der Waals surface area contributed by atoms with Gasteiger partial charge in [-0.25, -0.2) is 0 Å². The van der Waals surface area contributed by atoms with Crippen molar-refractivity contribution in [1.29, 1.82) is 0 Å². The summed E-state index contributed by atoms with van der Waals surface area (Å²) in [5.41, 5.74) is 0. The van der Waals surface area contributed by atoms with Crippen molar-refractivity contribution < 1.29 is 20.1 Å². The minimum Gasteiger partial charge on any atom is -0.394 e. The molecule has 0 saturated heterocycles. The number of rotatable bonds is 55. The lowest BCUT2D eigenvalue weighted by molar-refractivity contribution is -0.124. The smallest absolute Gasteiger partial charge is 0.220 e. The third-order valence-electron chi connectivity index (χ3n) is 13.9. The Labute approximate surface area is 418 Å². The first-order valence-electron chi connectivity index (χ1n) is 29.9. The molecule has 0 heterocycles. The second kappa shape index (κ2) is 56.9. The average molecular weight is 941 g/mol. The summed E-state index contributed by atoms with van der Waals surface area (Å²) in [4.78, 5) is 12.5. The van der Waals surface area contributed by atoms with Gasteiger partial charge in [-0.2, -0.15) is 0 Å². The molecule has 1 amide bonds. The molecule has 0 fully saturated rings. The Balaban J connectivity index is 3.51. The molecule has 0 aromatic rings. The van der Waals surface area contributed by atoms with Gasteiger partial charge in [0.2, 0.25) is 5.91 Å². The van der Waals surface area contributed by atoms with Crippen LogP contribution < -0.4 is 5.32 Å². The van der Waals surface area contributed by atoms with E-state index in [-0.39, 0.29) is 12.5 Å². The first kappa shape index (κ1) is 65.3. The number of carbonyl (C=O) groups excluding carboxylic acids is 1. The molecule has 0 aliphatic heterocycles. The van der Waals surface area contributed by atoms with Crippen molar-refractivity contribution in [2.75, 3.05) is 6.61 Å². The van der Waals surface area contributed by atoms with Gasteiger partial charge in [0.15, 0.2) is 0 Å². The summed E-state index contributed by atoms with van der Waals surface area (Å²) in [5, 5.41) is 33.7. The fourth-order valence-corrected chi connectivity index (χ4v) is 9.27. The van der Waals surface area contributed by atoms with E-state index in [1.165, 1.54) is 238 Å². The molecule has 4 N–H and O–H groups in total. The van der Waals surface area contributed by atoms with Crippen molar-refractivity contribution in [2.45, 2.75) is 334 Å². The average Bonchev–Trinajstić information content (AvgIpc) is 3.33. The van der Waals surface area contributed by atoms with E-state index in [1.54, 1.807) is 0 Å². The minimum absolute atomic E-state index is 0.156. The highest BCUT2D eigenvalue weighted by Crippen LogP contribution is 2.17. The van der Waals surface area contributed by atoms with Crippen LogP contribution in [0.15, 0.2) is 48.6 Å². The van der Waals surface area contributed by atoms with Crippen molar-refractivity contribution in [2.24, 2.45) is 0 Å². The highest BCUT2D eigenvalue weighted by molar-refractivity contribution is 5.76. The number of aliphatic hydroxyl groups excluding tert-OH is 3. The Kier molecular flexibility index (Phi) is 55.5. The number of hydrogen-bond acceptors (Lipinski definition) is 4. The second-order valence-corrected chi connectivity index (χ2v) is 20.5. The number of nitrogens with one attached hydrogen (secondary N) is 1. The number of aliphatic hydroxyl groups is 3. The predicted molar refractivity (Wildman–Crippen MR) is 296 cm³/mol. The molecule has 0 bridgehead atoms. The van der Waals surface area contributed by atoms with Gasteiger partial charge in [0.05, 0.1) is 18.8 Å². The Morgan fingerprint density at radius 3 is 1.00 bits per heavy atom. The third kappa shape index (κ3) is 52.0. The number of hydrogen-bond donors (Lipinski definition) is 4. The maximum absolute atomic E-state index is 12.5. The Morgan fingerprint density at radius 2 is 0.657 bits per heavy atom. The van der Waals surface area contributed by atoms with Crippen LogP contribution >= 0.6 is 0 Å². The molecule has 0 aromatic carbocycles. The first-order chi connectivity index (χ1) is 33.1. The zero-order valence-electron chi connectivity index (χ0n) is 45.0. The van der Waals surface area contributed by atoms with E-state index < -0.39 is 18.2 Å². The zero-order chi connectivity index (χ0) is 48.6. The van der Waals surface area contributed by atoms with Crippen LogP contribution in [-0.4, -0.2) is 46.1 Å². The number of allylic oxidation sites excluding steroid dienone is 8. The Morgan fingerprint density at radius 1 is 0.373 bits per heavy atom. The van der Waals surface area contributed by atoms with E-state index in [4.69, 9.17) is 0 Å². The molecule has 5 heteroatoms. The quantitative estimate of drug-likeness (QED) is 0.0361. The molecule has 3 unspecified atom stereocenters. The maximum Gasteiger partial charge on any atom is 0.220 e. The summed E-state index contributed by atoms with van der Waals surface area (Å²) in [6, 6.07) is -0.833. The Hall–Kier alpha value is -1.69. The van der Waals surface area contributed by atoms with Gasteiger partial charge in [-0.05, 0) is 83.5 Å². The zero-order valence-corrected chi connectivity index (χ0v) is 45.0. The molecule has 0 aliphatic carbocycles. The fraction of sp³-hybridized carbons (Fsp3) is 0.855. The molecule has 0 rings (SSSR count). The fourth-order valence-electron chi connectivity index (χ4n) is 9.27. The summed E-state index contributed by atoms with van der Waals surface area (Å²) in [6.45, 7) is 4.18. The summed E-state index contributed by atoms with van der Waals surface area (Å²) >= 11 is 0. The van der Waals surface area contributed by atoms with Crippen LogP contribution in [0.5, 0.6) is 0 Å². The van der Waals surface area contributed by atoms with Crippen LogP contribution in [0.25, 0.3) is 0 Å². The molecule has 3 atom stereocenters. The van der Waals surface area contributed by atoms with Gasteiger partial charge in [-0.1, -0.05) is 274 Å². The van der Waals surface area contributed by atoms with E-state index in [9.17, 15) is 20.1 Å². The Bertz CT molecular complexity index is 1080. The van der Waals surface area contributed by atoms with Gasteiger partial charge < -0.3 is 20.6 Å². The van der Waals surface area contributed by atoms with Crippen LogP contribution in [0.4, 0.5) is 0 Å². The van der Waals surface area contributed by atoms with Gasteiger partial charge in [0, 0.05) is 6.42 Å². The highest BCUT2D eigenvalue weighted by Gasteiger charge is 2.26. The van der Waals surface area contributed by atoms with Crippen LogP contribution in [0.1, 0.15) is 316 Å². The number of unbranched alkanes of at least 4 members (excludes halogenated alkanes) is 39. The van der Waals surface area contributed by atoms with Crippen LogP contribution in [-0.2, 0) is 4.79 Å². The van der Waals surface area contributed by atoms with Gasteiger partial charge in [0.1, 0.15) is 6.10 Å². The van der Waals surface area contributed by atoms with Crippen molar-refractivity contribution >= 4 is 5.91 Å². The summed E-state index contributed by atoms with van der Waals surface area (Å²) in [5.74, 6) is -0.156. The van der Waals surface area contributed by atoms with Crippen molar-refractivity contribution in [3.63, 3.8) is 0 Å². The second-order valence-electron chi connectivity index (χ2n) is 20.5. The lowest BCUT2D eigenvalue weighted by Gasteiger charge is -2.26. The van der Waals surface area contributed by atoms with E-state index in [0.717, 1.165) is 51.4 Å². The predicted octanol–water partition coefficient (Wildman–Crippen LogP) is 18.8. The lowest BCUT2D eigenvalue weighted by atomic mass is 10.0. The molecule has 67 heavy (non-hydrogen) atoms. The molecule has 0 radical (unpaired) electrons. The molecule has 0 aromatic heterocycles. The third-order valence-corrected chi connectivity index (χ3v) is 13.9. The summed E-state index contributed by atoms with van der Waals surface area (Å²) < 4.78 is 0. The standard InChI is InChI=1S/C62H117NO4/c1-3-5-7-9-11-13-15-17-19-21-22-23-24-25-26-27-28-29-30-31-32-33-34-35-36-37-38-39-40-41-43-45-47-49-51-53-55-57-61(66)63-59(58-64)62(67)60(65)56-54-52-50-48-46-44-42-20-18-16-14-12-10-8-6-4-2/h20,26-27,29-30,42,48,50,59-60,62,64-65,67H,3-19,21-25,28,31-41,43-47,49,51-58H2,1-2H3,(H,63,66)/b27-26-,30-29-,42-20+,50-48+. The van der Waals surface area contributed by atoms with E-state index in [1.807, 2.05) is 0 Å². The van der Waals surface area contributed by atoms with Gasteiger partial charge in [-0.3, -0.25) is 4.79 Å². The van der Waals surface area contributed by atoms with E-state index in [2.05, 4.69) is 67.8 Å². The molecule has 0 spiro atoms. The largest absolute Gasteiger partial charge is 0.394 e. The molecule has 5 nitrogen and oxygen atoms in total. The van der Waals surface area contributed by atoms with E-state index >= 15 is 0 Å². The minimum atomic E-state index is -1.17. The monoisotopic (exact) mass is 940 g/mol. The van der Waals surface area contributed by atoms with Crippen LogP contribution in [0.3, 0.4) is 0 Å². The van der Waals surface area contributed by atoms with Gasteiger partial charge in [-0.15, -0.1) is 0 Å². The molecular weight excluding hydrogens is 823 g/mol. The SMILES string of the molecule is CCCCCCCCC/C=C/CC/C=C/CCCC(O)C(O)C(CO)NC(=O)CCCCCCCCCCCCCCCCCCC/C=C\C/C=C\CCCCCCCCCCCCCCC. The normalized spacial score (nSPS) is 13.6. The van der Waals surface area contributed by atoms with Crippen LogP contribution in [0.2, 0.25) is 0 Å². The summed E-state index contributed by atoms with van der Waals surface area (Å²) in [7, 11) is 0. The number of carbonyl (C=O) groups is 1. The van der Waals surface area contributed by atoms with Crippen molar-refractivity contribution in [3.8, 4) is 0 Å². The van der Waals surface area contributed by atoms with E-state index in [0.29, 0.717) is 12.8 Å². The number of amides is 1. The highest BCUT2D eigenvalue weighted by atomic mass is 16.3. The lowest BCUT2D eigenvalue weighted by Crippen LogP contribution is -2.50. The van der Waals surface area contributed by atoms with Gasteiger partial charge in [0.25, 0.3) is 0 Å². The molecule has 394 valence electrons. The van der Waals surface area contributed by atoms with Gasteiger partial charge >= 0.3 is 0 Å². The topological polar surface area (TPSA) is 89.8 Å². The molecule has 0 aliphatic rings. The first-order valence-corrected chi connectivity index (χ1v) is 29.9. The maximum atomic E-state index is 12.5.